The molecule has 0 spiro atoms. The van der Waals surface area contributed by atoms with Crippen molar-refractivity contribution in [2.45, 2.75) is 0 Å². The van der Waals surface area contributed by atoms with Gasteiger partial charge in [-0.05, 0) is 18.2 Å². The summed E-state index contributed by atoms with van der Waals surface area (Å²) in [6, 6.07) is 5.17. The molecule has 2 rings (SSSR count). The predicted molar refractivity (Wildman–Crippen MR) is 41.9 cm³/mol. The monoisotopic (exact) mass is 168 g/mol. The molecule has 56 valence electrons. The summed E-state index contributed by atoms with van der Waals surface area (Å²) in [5.41, 5.74) is 0.661. The summed E-state index contributed by atoms with van der Waals surface area (Å²) in [4.78, 5) is 0.825. The number of aromatic nitrogens is 2. The minimum atomic E-state index is 0.644. The molecule has 2 aromatic rings. The van der Waals surface area contributed by atoms with Crippen molar-refractivity contribution in [1.29, 1.82) is 0 Å². The summed E-state index contributed by atoms with van der Waals surface area (Å²) in [5, 5.41) is 14.2. The number of hydrogen-bond acceptors (Lipinski definition) is 2. The molecule has 3 nitrogen and oxygen atoms in total. The van der Waals surface area contributed by atoms with E-state index in [2.05, 4.69) is 5.10 Å². The minimum Gasteiger partial charge on any atom is -0.411 e. The smallest absolute Gasteiger partial charge is 0.110 e. The van der Waals surface area contributed by atoms with E-state index in [-0.39, 0.29) is 0 Å². The Morgan fingerprint density at radius 1 is 1.45 bits per heavy atom. The predicted octanol–water partition coefficient (Wildman–Crippen LogP) is 1.93. The van der Waals surface area contributed by atoms with Crippen molar-refractivity contribution in [3.63, 3.8) is 0 Å². The molecule has 0 aliphatic rings. The Hall–Kier alpha value is -1.22. The standard InChI is InChI=1S/C7H5ClN2O/c8-6-1-2-7-5(3-6)4-9-10(7)11/h1-4,11H. The van der Waals surface area contributed by atoms with Gasteiger partial charge in [0.15, 0.2) is 0 Å². The Morgan fingerprint density at radius 3 is 3.09 bits per heavy atom. The Labute approximate surface area is 67.8 Å². The van der Waals surface area contributed by atoms with E-state index in [0.717, 1.165) is 10.2 Å². The molecule has 11 heavy (non-hydrogen) atoms. The highest BCUT2D eigenvalue weighted by Crippen LogP contribution is 2.17. The van der Waals surface area contributed by atoms with Crippen LogP contribution in [0.1, 0.15) is 0 Å². The number of rotatable bonds is 0. The van der Waals surface area contributed by atoms with Crippen LogP contribution in [0.25, 0.3) is 10.9 Å². The van der Waals surface area contributed by atoms with Crippen LogP contribution in [-0.2, 0) is 0 Å². The van der Waals surface area contributed by atoms with Gasteiger partial charge in [0.1, 0.15) is 5.52 Å². The Balaban J connectivity index is 2.86. The number of nitrogens with zero attached hydrogens (tertiary/aromatic N) is 2. The summed E-state index contributed by atoms with van der Waals surface area (Å²) < 4.78 is 0. The van der Waals surface area contributed by atoms with Crippen molar-refractivity contribution in [2.24, 2.45) is 0 Å². The third-order valence-corrected chi connectivity index (χ3v) is 1.75. The van der Waals surface area contributed by atoms with Crippen LogP contribution in [-0.4, -0.2) is 15.2 Å². The SMILES string of the molecule is On1ncc2cc(Cl)ccc21. The Bertz CT molecular complexity index is 396. The van der Waals surface area contributed by atoms with Crippen LogP contribution in [0.5, 0.6) is 0 Å². The van der Waals surface area contributed by atoms with Gasteiger partial charge in [0.2, 0.25) is 0 Å². The van der Waals surface area contributed by atoms with Crippen molar-refractivity contribution >= 4 is 22.5 Å². The molecule has 0 aliphatic heterocycles. The van der Waals surface area contributed by atoms with E-state index >= 15 is 0 Å². The first-order chi connectivity index (χ1) is 5.27. The van der Waals surface area contributed by atoms with Gasteiger partial charge in [-0.3, -0.25) is 0 Å². The first-order valence-corrected chi connectivity index (χ1v) is 3.48. The lowest BCUT2D eigenvalue weighted by Crippen LogP contribution is -1.89. The largest absolute Gasteiger partial charge is 0.411 e. The molecule has 0 saturated heterocycles. The van der Waals surface area contributed by atoms with Gasteiger partial charge in [-0.1, -0.05) is 11.6 Å². The van der Waals surface area contributed by atoms with Crippen LogP contribution in [0.15, 0.2) is 24.4 Å². The lowest BCUT2D eigenvalue weighted by Gasteiger charge is -1.91. The molecule has 0 fully saturated rings. The lowest BCUT2D eigenvalue weighted by molar-refractivity contribution is 0.161. The molecule has 0 radical (unpaired) electrons. The van der Waals surface area contributed by atoms with Crippen LogP contribution in [0, 0.1) is 0 Å². The number of halogens is 1. The summed E-state index contributed by atoms with van der Waals surface area (Å²) in [6.07, 6.45) is 1.56. The molecule has 0 aliphatic carbocycles. The maximum absolute atomic E-state index is 9.06. The molecule has 0 atom stereocenters. The fourth-order valence-corrected chi connectivity index (χ4v) is 1.17. The summed E-state index contributed by atoms with van der Waals surface area (Å²) in [7, 11) is 0. The molecule has 0 amide bonds. The van der Waals surface area contributed by atoms with Crippen molar-refractivity contribution in [3.8, 4) is 0 Å². The lowest BCUT2D eigenvalue weighted by atomic mass is 10.3. The van der Waals surface area contributed by atoms with Gasteiger partial charge in [-0.15, -0.1) is 9.94 Å². The maximum atomic E-state index is 9.06. The van der Waals surface area contributed by atoms with Gasteiger partial charge < -0.3 is 5.21 Å². The highest BCUT2D eigenvalue weighted by molar-refractivity contribution is 6.31. The number of hydrogen-bond donors (Lipinski definition) is 1. The van der Waals surface area contributed by atoms with E-state index in [9.17, 15) is 0 Å². The van der Waals surface area contributed by atoms with Crippen LogP contribution < -0.4 is 0 Å². The van der Waals surface area contributed by atoms with E-state index in [1.54, 1.807) is 24.4 Å². The van der Waals surface area contributed by atoms with Gasteiger partial charge >= 0.3 is 0 Å². The molecule has 1 heterocycles. The first kappa shape index (κ1) is 6.49. The molecular formula is C7H5ClN2O. The normalized spacial score (nSPS) is 10.6. The zero-order valence-electron chi connectivity index (χ0n) is 5.53. The molecular weight excluding hydrogens is 164 g/mol. The maximum Gasteiger partial charge on any atom is 0.110 e. The second-order valence-electron chi connectivity index (χ2n) is 2.24. The van der Waals surface area contributed by atoms with Gasteiger partial charge in [0.05, 0.1) is 6.20 Å². The molecule has 1 aromatic heterocycles. The Morgan fingerprint density at radius 2 is 2.27 bits per heavy atom. The number of fused-ring (bicyclic) bond motifs is 1. The third kappa shape index (κ3) is 0.935. The van der Waals surface area contributed by atoms with Gasteiger partial charge in [0, 0.05) is 10.4 Å². The number of benzene rings is 1. The zero-order chi connectivity index (χ0) is 7.84. The highest BCUT2D eigenvalue weighted by Gasteiger charge is 1.99. The molecule has 1 N–H and O–H groups in total. The molecule has 0 bridgehead atoms. The molecule has 4 heteroatoms. The summed E-state index contributed by atoms with van der Waals surface area (Å²) >= 11 is 5.71. The van der Waals surface area contributed by atoms with Crippen molar-refractivity contribution in [3.05, 3.63) is 29.4 Å². The molecule has 0 saturated carbocycles. The van der Waals surface area contributed by atoms with Gasteiger partial charge in [-0.25, -0.2) is 0 Å². The first-order valence-electron chi connectivity index (χ1n) is 3.10. The van der Waals surface area contributed by atoms with E-state index < -0.39 is 0 Å². The van der Waals surface area contributed by atoms with Crippen molar-refractivity contribution < 1.29 is 5.21 Å². The summed E-state index contributed by atoms with van der Waals surface area (Å²) in [5.74, 6) is 0. The Kier molecular flexibility index (Phi) is 1.26. The van der Waals surface area contributed by atoms with Crippen molar-refractivity contribution in [1.82, 2.24) is 9.94 Å². The topological polar surface area (TPSA) is 38.0 Å². The fraction of sp³-hybridized carbons (Fsp3) is 0. The minimum absolute atomic E-state index is 0.644. The molecule has 0 unspecified atom stereocenters. The van der Waals surface area contributed by atoms with E-state index in [4.69, 9.17) is 16.8 Å². The highest BCUT2D eigenvalue weighted by atomic mass is 35.5. The van der Waals surface area contributed by atoms with Gasteiger partial charge in [-0.2, -0.15) is 0 Å². The molecule has 1 aromatic carbocycles. The average molecular weight is 169 g/mol. The van der Waals surface area contributed by atoms with Crippen LogP contribution in [0.2, 0.25) is 5.02 Å². The van der Waals surface area contributed by atoms with Crippen molar-refractivity contribution in [2.75, 3.05) is 0 Å². The van der Waals surface area contributed by atoms with Crippen LogP contribution in [0.4, 0.5) is 0 Å². The van der Waals surface area contributed by atoms with E-state index in [1.807, 2.05) is 0 Å². The van der Waals surface area contributed by atoms with Crippen LogP contribution >= 0.6 is 11.6 Å². The fourth-order valence-electron chi connectivity index (χ4n) is 0.990. The second kappa shape index (κ2) is 2.13. The summed E-state index contributed by atoms with van der Waals surface area (Å²) in [6.45, 7) is 0. The van der Waals surface area contributed by atoms with E-state index in [0.29, 0.717) is 10.5 Å². The third-order valence-electron chi connectivity index (χ3n) is 1.51. The van der Waals surface area contributed by atoms with E-state index in [1.165, 1.54) is 0 Å². The zero-order valence-corrected chi connectivity index (χ0v) is 6.28. The average Bonchev–Trinajstić information content (AvgIpc) is 2.32. The quantitative estimate of drug-likeness (QED) is 0.611. The second-order valence-corrected chi connectivity index (χ2v) is 2.67. The van der Waals surface area contributed by atoms with Gasteiger partial charge in [0.25, 0.3) is 0 Å². The van der Waals surface area contributed by atoms with Crippen LogP contribution in [0.3, 0.4) is 0 Å².